The molecule has 0 radical (unpaired) electrons. The maximum Gasteiger partial charge on any atom is 0.344 e. The first-order chi connectivity index (χ1) is 18.0. The van der Waals surface area contributed by atoms with Gasteiger partial charge in [-0.05, 0) is 85.0 Å². The van der Waals surface area contributed by atoms with E-state index in [1.54, 1.807) is 37.4 Å². The highest BCUT2D eigenvalue weighted by Gasteiger charge is 2.42. The van der Waals surface area contributed by atoms with Crippen molar-refractivity contribution in [2.45, 2.75) is 51.0 Å². The molecule has 3 aromatic rings. The number of sulfonamides is 1. The van der Waals surface area contributed by atoms with Crippen molar-refractivity contribution in [2.75, 3.05) is 26.9 Å². The number of carbonyl (C=O) groups excluding carboxylic acids is 1. The molecule has 0 aromatic heterocycles. The van der Waals surface area contributed by atoms with Crippen LogP contribution < -0.4 is 9.47 Å². The molecule has 1 aliphatic rings. The van der Waals surface area contributed by atoms with Gasteiger partial charge >= 0.3 is 5.97 Å². The van der Waals surface area contributed by atoms with E-state index in [1.807, 2.05) is 31.2 Å². The number of aryl methyl sites for hydroxylation is 1. The highest BCUT2D eigenvalue weighted by atomic mass is 32.2. The Morgan fingerprint density at radius 1 is 1.03 bits per heavy atom. The van der Waals surface area contributed by atoms with Gasteiger partial charge in [0.1, 0.15) is 11.5 Å². The van der Waals surface area contributed by atoms with E-state index < -0.39 is 16.0 Å². The Labute approximate surface area is 225 Å². The summed E-state index contributed by atoms with van der Waals surface area (Å²) < 4.78 is 45.2. The molecule has 7 nitrogen and oxygen atoms in total. The van der Waals surface area contributed by atoms with Crippen molar-refractivity contribution >= 4 is 16.0 Å². The standard InChI is InChI=1S/C30H35NO6S/c1-7-36-29(32)18-37-28-15-13-25(16-20(28)2)38(33,34)31-19-30(4,5)27-14-10-23(17-26(27)21(31)3)22-8-11-24(35-6)12-9-22/h8-17,21H,7,18-19H2,1-6H3. The van der Waals surface area contributed by atoms with Gasteiger partial charge in [0, 0.05) is 18.0 Å². The molecule has 0 bridgehead atoms. The minimum atomic E-state index is -3.82. The molecule has 0 amide bonds. The molecule has 0 aliphatic carbocycles. The zero-order chi connectivity index (χ0) is 27.7. The lowest BCUT2D eigenvalue weighted by molar-refractivity contribution is -0.145. The molecule has 1 atom stereocenters. The molecule has 0 spiro atoms. The van der Waals surface area contributed by atoms with E-state index in [-0.39, 0.29) is 29.6 Å². The van der Waals surface area contributed by atoms with E-state index in [4.69, 9.17) is 14.2 Å². The van der Waals surface area contributed by atoms with Crippen LogP contribution in [0.5, 0.6) is 11.5 Å². The van der Waals surface area contributed by atoms with Gasteiger partial charge in [0.15, 0.2) is 6.61 Å². The van der Waals surface area contributed by atoms with Crippen LogP contribution in [-0.2, 0) is 25.0 Å². The Morgan fingerprint density at radius 3 is 2.34 bits per heavy atom. The van der Waals surface area contributed by atoms with Crippen molar-refractivity contribution in [3.63, 3.8) is 0 Å². The fraction of sp³-hybridized carbons (Fsp3) is 0.367. The van der Waals surface area contributed by atoms with Crippen LogP contribution in [0.4, 0.5) is 0 Å². The summed E-state index contributed by atoms with van der Waals surface area (Å²) in [5, 5.41) is 0. The fourth-order valence-electron chi connectivity index (χ4n) is 4.97. The third-order valence-corrected chi connectivity index (χ3v) is 8.95. The Balaban J connectivity index is 1.65. The molecule has 1 heterocycles. The SMILES string of the molecule is CCOC(=O)COc1ccc(S(=O)(=O)N2CC(C)(C)c3ccc(-c4ccc(OC)cc4)cc3C2C)cc1C. The first-order valence-corrected chi connectivity index (χ1v) is 14.1. The van der Waals surface area contributed by atoms with Gasteiger partial charge in [0.2, 0.25) is 10.0 Å². The van der Waals surface area contributed by atoms with E-state index in [0.717, 1.165) is 28.0 Å². The second-order valence-electron chi connectivity index (χ2n) is 10.2. The molecular weight excluding hydrogens is 502 g/mol. The van der Waals surface area contributed by atoms with Crippen LogP contribution in [0, 0.1) is 6.92 Å². The Kier molecular flexibility index (Phi) is 7.85. The minimum Gasteiger partial charge on any atom is -0.497 e. The monoisotopic (exact) mass is 537 g/mol. The van der Waals surface area contributed by atoms with E-state index in [1.165, 1.54) is 6.07 Å². The van der Waals surface area contributed by atoms with Crippen LogP contribution in [0.1, 0.15) is 50.4 Å². The predicted octanol–water partition coefficient (Wildman–Crippen LogP) is 5.66. The number of hydrogen-bond donors (Lipinski definition) is 0. The normalized spacial score (nSPS) is 16.9. The number of rotatable bonds is 8. The Bertz CT molecular complexity index is 1430. The van der Waals surface area contributed by atoms with Crippen LogP contribution in [0.25, 0.3) is 11.1 Å². The van der Waals surface area contributed by atoms with Crippen molar-refractivity contribution in [3.8, 4) is 22.6 Å². The predicted molar refractivity (Wildman–Crippen MR) is 147 cm³/mol. The molecule has 202 valence electrons. The first kappa shape index (κ1) is 27.7. The quantitative estimate of drug-likeness (QED) is 0.345. The number of benzene rings is 3. The molecule has 0 fully saturated rings. The van der Waals surface area contributed by atoms with Crippen molar-refractivity contribution in [1.29, 1.82) is 0 Å². The van der Waals surface area contributed by atoms with Crippen molar-refractivity contribution in [3.05, 3.63) is 77.4 Å². The maximum absolute atomic E-state index is 13.9. The average Bonchev–Trinajstić information content (AvgIpc) is 2.90. The number of ether oxygens (including phenoxy) is 3. The van der Waals surface area contributed by atoms with Crippen molar-refractivity contribution in [2.24, 2.45) is 0 Å². The van der Waals surface area contributed by atoms with Gasteiger partial charge in [-0.3, -0.25) is 0 Å². The lowest BCUT2D eigenvalue weighted by Gasteiger charge is -2.43. The molecule has 3 aromatic carbocycles. The van der Waals surface area contributed by atoms with Gasteiger partial charge in [-0.15, -0.1) is 0 Å². The number of hydrogen-bond acceptors (Lipinski definition) is 6. The zero-order valence-corrected chi connectivity index (χ0v) is 23.6. The summed E-state index contributed by atoms with van der Waals surface area (Å²) in [4.78, 5) is 11.8. The van der Waals surface area contributed by atoms with Gasteiger partial charge in [-0.1, -0.05) is 38.1 Å². The van der Waals surface area contributed by atoms with Gasteiger partial charge in [-0.25, -0.2) is 13.2 Å². The van der Waals surface area contributed by atoms with Gasteiger partial charge in [-0.2, -0.15) is 4.31 Å². The number of esters is 1. The van der Waals surface area contributed by atoms with Gasteiger partial charge < -0.3 is 14.2 Å². The molecule has 0 saturated carbocycles. The molecular formula is C30H35NO6S. The Hall–Kier alpha value is -3.36. The number of carbonyl (C=O) groups is 1. The van der Waals surface area contributed by atoms with Gasteiger partial charge in [0.05, 0.1) is 18.6 Å². The third kappa shape index (κ3) is 5.42. The van der Waals surface area contributed by atoms with E-state index in [2.05, 4.69) is 32.0 Å². The van der Waals surface area contributed by atoms with Crippen LogP contribution in [0.2, 0.25) is 0 Å². The zero-order valence-electron chi connectivity index (χ0n) is 22.8. The van der Waals surface area contributed by atoms with Crippen molar-refractivity contribution < 1.29 is 27.4 Å². The van der Waals surface area contributed by atoms with Crippen LogP contribution in [0.15, 0.2) is 65.6 Å². The Morgan fingerprint density at radius 2 is 1.71 bits per heavy atom. The summed E-state index contributed by atoms with van der Waals surface area (Å²) in [6.45, 7) is 9.97. The molecule has 0 saturated heterocycles. The molecule has 0 N–H and O–H groups in total. The smallest absolute Gasteiger partial charge is 0.344 e. The topological polar surface area (TPSA) is 82.1 Å². The average molecular weight is 538 g/mol. The third-order valence-electron chi connectivity index (χ3n) is 7.04. The molecule has 1 aliphatic heterocycles. The summed E-state index contributed by atoms with van der Waals surface area (Å²) >= 11 is 0. The first-order valence-electron chi connectivity index (χ1n) is 12.7. The largest absolute Gasteiger partial charge is 0.497 e. The van der Waals surface area contributed by atoms with Crippen LogP contribution in [-0.4, -0.2) is 45.6 Å². The van der Waals surface area contributed by atoms with E-state index >= 15 is 0 Å². The summed E-state index contributed by atoms with van der Waals surface area (Å²) in [6, 6.07) is 18.5. The molecule has 38 heavy (non-hydrogen) atoms. The van der Waals surface area contributed by atoms with Crippen LogP contribution >= 0.6 is 0 Å². The summed E-state index contributed by atoms with van der Waals surface area (Å²) in [5.41, 5.74) is 4.43. The second-order valence-corrected chi connectivity index (χ2v) is 12.1. The van der Waals surface area contributed by atoms with E-state index in [9.17, 15) is 13.2 Å². The molecule has 4 rings (SSSR count). The highest BCUT2D eigenvalue weighted by Crippen LogP contribution is 2.43. The minimum absolute atomic E-state index is 0.191. The highest BCUT2D eigenvalue weighted by molar-refractivity contribution is 7.89. The lowest BCUT2D eigenvalue weighted by Crippen LogP contribution is -2.47. The lowest BCUT2D eigenvalue weighted by atomic mass is 9.76. The molecule has 8 heteroatoms. The number of methoxy groups -OCH3 is 1. The number of nitrogens with zero attached hydrogens (tertiary/aromatic N) is 1. The maximum atomic E-state index is 13.9. The van der Waals surface area contributed by atoms with Crippen LogP contribution in [0.3, 0.4) is 0 Å². The summed E-state index contributed by atoms with van der Waals surface area (Å²) in [7, 11) is -2.18. The van der Waals surface area contributed by atoms with Crippen molar-refractivity contribution in [1.82, 2.24) is 4.31 Å². The molecule has 1 unspecified atom stereocenters. The number of fused-ring (bicyclic) bond motifs is 1. The van der Waals surface area contributed by atoms with Gasteiger partial charge in [0.25, 0.3) is 0 Å². The fourth-order valence-corrected chi connectivity index (χ4v) is 6.83. The van der Waals surface area contributed by atoms with E-state index in [0.29, 0.717) is 17.9 Å². The summed E-state index contributed by atoms with van der Waals surface area (Å²) in [5.74, 6) is 0.755. The summed E-state index contributed by atoms with van der Waals surface area (Å²) in [6.07, 6.45) is 0. The second kappa shape index (κ2) is 10.8.